The molecule has 3 heteroatoms. The van der Waals surface area contributed by atoms with Gasteiger partial charge in [0.05, 0.1) is 5.60 Å². The monoisotopic (exact) mass is 212 g/mol. The molecule has 2 aliphatic rings. The Morgan fingerprint density at radius 3 is 2.93 bits per heavy atom. The summed E-state index contributed by atoms with van der Waals surface area (Å²) in [6.07, 6.45) is 6.95. The molecule has 0 aromatic heterocycles. The molecule has 0 bridgehead atoms. The number of hydrogen-bond donors (Lipinski definition) is 2. The zero-order valence-electron chi connectivity index (χ0n) is 9.84. The molecular formula is C12H24N2O. The minimum atomic E-state index is -0.285. The lowest BCUT2D eigenvalue weighted by atomic mass is 10.1. The van der Waals surface area contributed by atoms with Crippen LogP contribution in [0, 0.1) is 0 Å². The Hall–Kier alpha value is -0.120. The van der Waals surface area contributed by atoms with Crippen molar-refractivity contribution in [3.05, 3.63) is 0 Å². The van der Waals surface area contributed by atoms with Crippen LogP contribution >= 0.6 is 0 Å². The number of likely N-dealkylation sites (N-methyl/N-ethyl adjacent to an activating group) is 1. The fourth-order valence-corrected chi connectivity index (χ4v) is 2.34. The SMILES string of the molecule is CN(CCC1(O)CC1)C1CCCCNC1. The van der Waals surface area contributed by atoms with Crippen molar-refractivity contribution in [3.8, 4) is 0 Å². The number of nitrogens with zero attached hydrogens (tertiary/aromatic N) is 1. The molecular weight excluding hydrogens is 188 g/mol. The summed E-state index contributed by atoms with van der Waals surface area (Å²) in [4.78, 5) is 2.43. The Balaban J connectivity index is 1.70. The van der Waals surface area contributed by atoms with Crippen LogP contribution in [0.25, 0.3) is 0 Å². The molecule has 15 heavy (non-hydrogen) atoms. The average molecular weight is 212 g/mol. The summed E-state index contributed by atoms with van der Waals surface area (Å²) in [5.41, 5.74) is -0.285. The minimum Gasteiger partial charge on any atom is -0.390 e. The van der Waals surface area contributed by atoms with Gasteiger partial charge in [0.15, 0.2) is 0 Å². The summed E-state index contributed by atoms with van der Waals surface area (Å²) in [6, 6.07) is 0.676. The van der Waals surface area contributed by atoms with Crippen molar-refractivity contribution >= 4 is 0 Å². The van der Waals surface area contributed by atoms with Crippen molar-refractivity contribution in [2.24, 2.45) is 0 Å². The molecule has 1 aliphatic heterocycles. The van der Waals surface area contributed by atoms with E-state index in [2.05, 4.69) is 17.3 Å². The number of hydrogen-bond acceptors (Lipinski definition) is 3. The molecule has 1 atom stereocenters. The third-order valence-corrected chi connectivity index (χ3v) is 3.90. The first kappa shape index (κ1) is 11.4. The molecule has 1 saturated carbocycles. The van der Waals surface area contributed by atoms with Gasteiger partial charge in [-0.2, -0.15) is 0 Å². The van der Waals surface area contributed by atoms with Gasteiger partial charge in [0.1, 0.15) is 0 Å². The molecule has 1 aliphatic carbocycles. The van der Waals surface area contributed by atoms with E-state index in [1.54, 1.807) is 0 Å². The fraction of sp³-hybridized carbons (Fsp3) is 1.00. The fourth-order valence-electron chi connectivity index (χ4n) is 2.34. The van der Waals surface area contributed by atoms with E-state index in [9.17, 15) is 5.11 Å². The van der Waals surface area contributed by atoms with Gasteiger partial charge in [-0.1, -0.05) is 6.42 Å². The van der Waals surface area contributed by atoms with Gasteiger partial charge in [0, 0.05) is 19.1 Å². The third-order valence-electron chi connectivity index (χ3n) is 3.90. The van der Waals surface area contributed by atoms with Gasteiger partial charge in [-0.25, -0.2) is 0 Å². The Kier molecular flexibility index (Phi) is 3.65. The highest BCUT2D eigenvalue weighted by atomic mass is 16.3. The second kappa shape index (κ2) is 4.81. The molecule has 88 valence electrons. The normalized spacial score (nSPS) is 30.2. The summed E-state index contributed by atoms with van der Waals surface area (Å²) < 4.78 is 0. The summed E-state index contributed by atoms with van der Waals surface area (Å²) in [5, 5.41) is 13.3. The quantitative estimate of drug-likeness (QED) is 0.729. The molecule has 1 saturated heterocycles. The molecule has 2 N–H and O–H groups in total. The lowest BCUT2D eigenvalue weighted by Gasteiger charge is -2.27. The van der Waals surface area contributed by atoms with Crippen LogP contribution in [0.2, 0.25) is 0 Å². The van der Waals surface area contributed by atoms with Gasteiger partial charge >= 0.3 is 0 Å². The Bertz CT molecular complexity index is 196. The number of rotatable bonds is 4. The highest BCUT2D eigenvalue weighted by Gasteiger charge is 2.40. The second-order valence-electron chi connectivity index (χ2n) is 5.31. The summed E-state index contributed by atoms with van der Waals surface area (Å²) >= 11 is 0. The van der Waals surface area contributed by atoms with E-state index in [4.69, 9.17) is 0 Å². The molecule has 0 spiro atoms. The smallest absolute Gasteiger partial charge is 0.0662 e. The summed E-state index contributed by atoms with van der Waals surface area (Å²) in [5.74, 6) is 0. The Morgan fingerprint density at radius 2 is 2.20 bits per heavy atom. The van der Waals surface area contributed by atoms with E-state index in [-0.39, 0.29) is 5.60 Å². The Labute approximate surface area is 92.8 Å². The van der Waals surface area contributed by atoms with Crippen LogP contribution in [0.4, 0.5) is 0 Å². The van der Waals surface area contributed by atoms with Gasteiger partial charge in [0.2, 0.25) is 0 Å². The highest BCUT2D eigenvalue weighted by Crippen LogP contribution is 2.38. The van der Waals surface area contributed by atoms with Crippen LogP contribution < -0.4 is 5.32 Å². The lowest BCUT2D eigenvalue weighted by Crippen LogP contribution is -2.40. The molecule has 3 nitrogen and oxygen atoms in total. The van der Waals surface area contributed by atoms with E-state index in [0.717, 1.165) is 32.4 Å². The number of aliphatic hydroxyl groups is 1. The maximum absolute atomic E-state index is 9.79. The molecule has 0 aromatic rings. The topological polar surface area (TPSA) is 35.5 Å². The van der Waals surface area contributed by atoms with E-state index in [0.29, 0.717) is 6.04 Å². The van der Waals surface area contributed by atoms with Gasteiger partial charge in [0.25, 0.3) is 0 Å². The van der Waals surface area contributed by atoms with Crippen molar-refractivity contribution in [2.45, 2.75) is 50.2 Å². The van der Waals surface area contributed by atoms with E-state index in [1.807, 2.05) is 0 Å². The molecule has 2 fully saturated rings. The predicted molar refractivity (Wildman–Crippen MR) is 61.9 cm³/mol. The predicted octanol–water partition coefficient (Wildman–Crippen LogP) is 0.975. The van der Waals surface area contributed by atoms with E-state index >= 15 is 0 Å². The minimum absolute atomic E-state index is 0.285. The molecule has 2 rings (SSSR count). The van der Waals surface area contributed by atoms with Crippen molar-refractivity contribution in [3.63, 3.8) is 0 Å². The molecule has 1 unspecified atom stereocenters. The van der Waals surface area contributed by atoms with Gasteiger partial charge in [-0.05, 0) is 45.7 Å². The Morgan fingerprint density at radius 1 is 1.40 bits per heavy atom. The summed E-state index contributed by atoms with van der Waals surface area (Å²) in [6.45, 7) is 3.34. The van der Waals surface area contributed by atoms with E-state index in [1.165, 1.54) is 25.8 Å². The standard InChI is InChI=1S/C12H24N2O/c1-14(9-7-12(15)5-6-12)11-4-2-3-8-13-10-11/h11,13,15H,2-10H2,1H3. The zero-order chi connectivity index (χ0) is 10.7. The third kappa shape index (κ3) is 3.44. The molecule has 0 amide bonds. The maximum atomic E-state index is 9.79. The maximum Gasteiger partial charge on any atom is 0.0662 e. The first-order valence-electron chi connectivity index (χ1n) is 6.33. The second-order valence-corrected chi connectivity index (χ2v) is 5.31. The highest BCUT2D eigenvalue weighted by molar-refractivity contribution is 4.94. The van der Waals surface area contributed by atoms with Crippen LogP contribution in [0.3, 0.4) is 0 Å². The van der Waals surface area contributed by atoms with Gasteiger partial charge in [-0.3, -0.25) is 0 Å². The first-order valence-corrected chi connectivity index (χ1v) is 6.33. The van der Waals surface area contributed by atoms with Gasteiger partial charge < -0.3 is 15.3 Å². The molecule has 1 heterocycles. The van der Waals surface area contributed by atoms with Crippen molar-refractivity contribution in [1.29, 1.82) is 0 Å². The molecule has 0 aromatic carbocycles. The van der Waals surface area contributed by atoms with Crippen molar-refractivity contribution in [2.75, 3.05) is 26.7 Å². The van der Waals surface area contributed by atoms with Crippen LogP contribution in [0.5, 0.6) is 0 Å². The van der Waals surface area contributed by atoms with Crippen LogP contribution in [0.15, 0.2) is 0 Å². The van der Waals surface area contributed by atoms with E-state index < -0.39 is 0 Å². The summed E-state index contributed by atoms with van der Waals surface area (Å²) in [7, 11) is 2.20. The number of nitrogens with one attached hydrogen (secondary N) is 1. The molecule has 0 radical (unpaired) electrons. The van der Waals surface area contributed by atoms with Crippen LogP contribution in [-0.4, -0.2) is 48.3 Å². The van der Waals surface area contributed by atoms with Gasteiger partial charge in [-0.15, -0.1) is 0 Å². The van der Waals surface area contributed by atoms with Crippen LogP contribution in [0.1, 0.15) is 38.5 Å². The lowest BCUT2D eigenvalue weighted by molar-refractivity contribution is 0.113. The van der Waals surface area contributed by atoms with Crippen molar-refractivity contribution in [1.82, 2.24) is 10.2 Å². The zero-order valence-corrected chi connectivity index (χ0v) is 9.84. The largest absolute Gasteiger partial charge is 0.390 e. The van der Waals surface area contributed by atoms with Crippen molar-refractivity contribution < 1.29 is 5.11 Å². The van der Waals surface area contributed by atoms with Crippen LogP contribution in [-0.2, 0) is 0 Å². The first-order chi connectivity index (χ1) is 7.20. The average Bonchev–Trinajstić information content (AvgIpc) is 2.99.